The molecule has 0 spiro atoms. The number of likely N-dealkylation sites (N-methyl/N-ethyl adjacent to an activating group) is 1. The lowest BCUT2D eigenvalue weighted by molar-refractivity contribution is -0.0267. The minimum Gasteiger partial charge on any atom is -0.391 e. The van der Waals surface area contributed by atoms with Gasteiger partial charge in [0.15, 0.2) is 0 Å². The van der Waals surface area contributed by atoms with Crippen LogP contribution in [0.3, 0.4) is 0 Å². The average Bonchev–Trinajstić information content (AvgIpc) is 2.40. The van der Waals surface area contributed by atoms with E-state index in [1.165, 1.54) is 12.8 Å². The van der Waals surface area contributed by atoms with Crippen molar-refractivity contribution in [2.45, 2.75) is 50.7 Å². The molecule has 1 heterocycles. The largest absolute Gasteiger partial charge is 0.391 e. The smallest absolute Gasteiger partial charge is 0.0695 e. The first kappa shape index (κ1) is 14.3. The molecule has 0 bridgehead atoms. The summed E-state index contributed by atoms with van der Waals surface area (Å²) in [4.78, 5) is 2.35. The van der Waals surface area contributed by atoms with Gasteiger partial charge in [-0.2, -0.15) is 0 Å². The Morgan fingerprint density at radius 3 is 2.56 bits per heavy atom. The number of aliphatic hydroxyl groups is 1. The quantitative estimate of drug-likeness (QED) is 0.787. The molecule has 1 aliphatic carbocycles. The van der Waals surface area contributed by atoms with Gasteiger partial charge < -0.3 is 20.5 Å². The first-order valence-corrected chi connectivity index (χ1v) is 7.33. The molecule has 2 fully saturated rings. The number of aliphatic hydroxyl groups excluding tert-OH is 1. The highest BCUT2D eigenvalue weighted by Crippen LogP contribution is 2.32. The third-order valence-electron chi connectivity index (χ3n) is 4.83. The maximum absolute atomic E-state index is 10.1. The molecule has 0 radical (unpaired) electrons. The molecule has 0 aromatic carbocycles. The molecule has 4 heteroatoms. The van der Waals surface area contributed by atoms with Crippen molar-refractivity contribution < 1.29 is 9.84 Å². The molecule has 4 nitrogen and oxygen atoms in total. The van der Waals surface area contributed by atoms with Gasteiger partial charge in [0.05, 0.1) is 6.10 Å². The molecule has 0 amide bonds. The molecule has 0 aromatic rings. The molecule has 2 rings (SSSR count). The van der Waals surface area contributed by atoms with Crippen molar-refractivity contribution in [3.8, 4) is 0 Å². The molecule has 2 aliphatic rings. The van der Waals surface area contributed by atoms with E-state index in [0.29, 0.717) is 6.04 Å². The highest BCUT2D eigenvalue weighted by atomic mass is 16.5. The lowest BCUT2D eigenvalue weighted by Gasteiger charge is -2.43. The minimum atomic E-state index is -0.154. The van der Waals surface area contributed by atoms with E-state index in [9.17, 15) is 5.11 Å². The summed E-state index contributed by atoms with van der Waals surface area (Å²) in [5, 5.41) is 10.1. The van der Waals surface area contributed by atoms with Crippen LogP contribution in [-0.4, -0.2) is 55.5 Å². The van der Waals surface area contributed by atoms with Crippen LogP contribution in [0.25, 0.3) is 0 Å². The van der Waals surface area contributed by atoms with Gasteiger partial charge in [-0.1, -0.05) is 12.8 Å². The Morgan fingerprint density at radius 1 is 1.28 bits per heavy atom. The molecule has 0 aromatic heterocycles. The van der Waals surface area contributed by atoms with Gasteiger partial charge in [0.1, 0.15) is 0 Å². The predicted molar refractivity (Wildman–Crippen MR) is 72.4 cm³/mol. The van der Waals surface area contributed by atoms with E-state index in [4.69, 9.17) is 10.5 Å². The molecule has 1 saturated heterocycles. The van der Waals surface area contributed by atoms with Gasteiger partial charge in [-0.3, -0.25) is 0 Å². The lowest BCUT2D eigenvalue weighted by atomic mass is 9.79. The Hall–Kier alpha value is -0.160. The van der Waals surface area contributed by atoms with Gasteiger partial charge >= 0.3 is 0 Å². The summed E-state index contributed by atoms with van der Waals surface area (Å²) in [5.74, 6) is 0. The van der Waals surface area contributed by atoms with Crippen LogP contribution in [0, 0.1) is 5.41 Å². The minimum absolute atomic E-state index is 0.154. The van der Waals surface area contributed by atoms with Crippen LogP contribution in [0.4, 0.5) is 0 Å². The number of hydrogen-bond acceptors (Lipinski definition) is 4. The molecule has 1 aliphatic heterocycles. The summed E-state index contributed by atoms with van der Waals surface area (Å²) in [6.45, 7) is 3.38. The van der Waals surface area contributed by atoms with E-state index < -0.39 is 0 Å². The zero-order valence-corrected chi connectivity index (χ0v) is 11.6. The number of ether oxygens (including phenoxy) is 1. The van der Waals surface area contributed by atoms with Crippen molar-refractivity contribution in [1.82, 2.24) is 4.90 Å². The molecule has 18 heavy (non-hydrogen) atoms. The molecule has 2 atom stereocenters. The number of nitrogens with two attached hydrogens (primary N) is 1. The number of hydrogen-bond donors (Lipinski definition) is 2. The first-order valence-electron chi connectivity index (χ1n) is 7.33. The Morgan fingerprint density at radius 2 is 1.94 bits per heavy atom. The third kappa shape index (κ3) is 3.23. The fraction of sp³-hybridized carbons (Fsp3) is 1.00. The van der Waals surface area contributed by atoms with Crippen LogP contribution in [-0.2, 0) is 4.74 Å². The van der Waals surface area contributed by atoms with E-state index >= 15 is 0 Å². The Labute approximate surface area is 110 Å². The summed E-state index contributed by atoms with van der Waals surface area (Å²) < 4.78 is 5.45. The Bertz CT molecular complexity index is 254. The summed E-state index contributed by atoms with van der Waals surface area (Å²) >= 11 is 0. The van der Waals surface area contributed by atoms with Crippen molar-refractivity contribution in [3.63, 3.8) is 0 Å². The van der Waals surface area contributed by atoms with Gasteiger partial charge in [0.2, 0.25) is 0 Å². The van der Waals surface area contributed by atoms with Gasteiger partial charge in [0.25, 0.3) is 0 Å². The van der Waals surface area contributed by atoms with Crippen LogP contribution in [0.15, 0.2) is 0 Å². The lowest BCUT2D eigenvalue weighted by Crippen LogP contribution is -2.51. The molecule has 2 unspecified atom stereocenters. The van der Waals surface area contributed by atoms with E-state index in [-0.39, 0.29) is 11.5 Å². The number of nitrogens with zero attached hydrogens (tertiary/aromatic N) is 1. The van der Waals surface area contributed by atoms with Gasteiger partial charge in [-0.25, -0.2) is 0 Å². The van der Waals surface area contributed by atoms with Crippen LogP contribution in [0.2, 0.25) is 0 Å². The van der Waals surface area contributed by atoms with Crippen molar-refractivity contribution in [2.75, 3.05) is 33.4 Å². The van der Waals surface area contributed by atoms with E-state index in [2.05, 4.69) is 11.9 Å². The summed E-state index contributed by atoms with van der Waals surface area (Å²) in [5.41, 5.74) is 6.20. The van der Waals surface area contributed by atoms with Crippen molar-refractivity contribution in [3.05, 3.63) is 0 Å². The second-order valence-corrected chi connectivity index (χ2v) is 6.15. The monoisotopic (exact) mass is 256 g/mol. The van der Waals surface area contributed by atoms with Crippen LogP contribution in [0.5, 0.6) is 0 Å². The Balaban J connectivity index is 1.93. The molecular formula is C14H28N2O2. The molecule has 106 valence electrons. The summed E-state index contributed by atoms with van der Waals surface area (Å²) in [6.07, 6.45) is 6.43. The zero-order valence-electron chi connectivity index (χ0n) is 11.6. The van der Waals surface area contributed by atoms with E-state index in [1.807, 2.05) is 0 Å². The zero-order chi connectivity index (χ0) is 13.0. The molecular weight excluding hydrogens is 228 g/mol. The SMILES string of the molecule is CN(CC1(CN)CCOCC1)C1CCCCC1O. The standard InChI is InChI=1S/C14H28N2O2/c1-16(12-4-2-3-5-13(12)17)11-14(10-15)6-8-18-9-7-14/h12-13,17H,2-11,15H2,1H3. The average molecular weight is 256 g/mol. The Kier molecular flexibility index (Phi) is 5.01. The maximum atomic E-state index is 10.1. The van der Waals surface area contributed by atoms with Crippen LogP contribution < -0.4 is 5.73 Å². The van der Waals surface area contributed by atoms with Crippen molar-refractivity contribution in [1.29, 1.82) is 0 Å². The fourth-order valence-corrected chi connectivity index (χ4v) is 3.48. The maximum Gasteiger partial charge on any atom is 0.0695 e. The molecule has 1 saturated carbocycles. The highest BCUT2D eigenvalue weighted by molar-refractivity contribution is 4.89. The van der Waals surface area contributed by atoms with E-state index in [1.54, 1.807) is 0 Å². The topological polar surface area (TPSA) is 58.7 Å². The van der Waals surface area contributed by atoms with Crippen LogP contribution in [0.1, 0.15) is 38.5 Å². The second kappa shape index (κ2) is 6.33. The summed E-state index contributed by atoms with van der Waals surface area (Å²) in [7, 11) is 2.14. The molecule has 3 N–H and O–H groups in total. The summed E-state index contributed by atoms with van der Waals surface area (Å²) in [6, 6.07) is 0.324. The van der Waals surface area contributed by atoms with Gasteiger partial charge in [0, 0.05) is 25.8 Å². The normalized spacial score (nSPS) is 32.7. The number of rotatable bonds is 4. The predicted octanol–water partition coefficient (Wildman–Crippen LogP) is 0.977. The van der Waals surface area contributed by atoms with Gasteiger partial charge in [-0.15, -0.1) is 0 Å². The fourth-order valence-electron chi connectivity index (χ4n) is 3.48. The van der Waals surface area contributed by atoms with E-state index in [0.717, 1.165) is 52.0 Å². The highest BCUT2D eigenvalue weighted by Gasteiger charge is 2.36. The van der Waals surface area contributed by atoms with Crippen LogP contribution >= 0.6 is 0 Å². The van der Waals surface area contributed by atoms with Crippen molar-refractivity contribution >= 4 is 0 Å². The third-order valence-corrected chi connectivity index (χ3v) is 4.83. The van der Waals surface area contributed by atoms with Gasteiger partial charge in [-0.05, 0) is 44.7 Å². The van der Waals surface area contributed by atoms with Crippen molar-refractivity contribution in [2.24, 2.45) is 11.1 Å². The second-order valence-electron chi connectivity index (χ2n) is 6.15. The first-order chi connectivity index (χ1) is 8.67.